The molecule has 1 N–H and O–H groups in total. The third-order valence-corrected chi connectivity index (χ3v) is 3.20. The Morgan fingerprint density at radius 1 is 1.10 bits per heavy atom. The van der Waals surface area contributed by atoms with Crippen molar-refractivity contribution in [2.45, 2.75) is 47.1 Å². The van der Waals surface area contributed by atoms with Crippen LogP contribution in [0.15, 0.2) is 0 Å². The van der Waals surface area contributed by atoms with Gasteiger partial charge in [-0.15, -0.1) is 0 Å². The maximum atomic E-state index is 12.0. The quantitative estimate of drug-likeness (QED) is 0.520. The molecule has 2 atom stereocenters. The van der Waals surface area contributed by atoms with Crippen molar-refractivity contribution in [3.8, 4) is 0 Å². The van der Waals surface area contributed by atoms with Crippen LogP contribution in [0, 0.1) is 17.8 Å². The average Bonchev–Trinajstić information content (AvgIpc) is 2.38. The fraction of sp³-hybridized carbons (Fsp3) is 0.867. The number of ether oxygens (including phenoxy) is 2. The van der Waals surface area contributed by atoms with Gasteiger partial charge in [0.25, 0.3) is 0 Å². The molecule has 0 fully saturated rings. The zero-order chi connectivity index (χ0) is 15.7. The minimum absolute atomic E-state index is 0.0800. The molecule has 0 rings (SSSR count). The first-order valence-electron chi connectivity index (χ1n) is 7.26. The van der Waals surface area contributed by atoms with E-state index in [1.807, 2.05) is 13.8 Å². The Hall–Kier alpha value is -1.10. The van der Waals surface area contributed by atoms with E-state index in [0.29, 0.717) is 12.5 Å². The van der Waals surface area contributed by atoms with Gasteiger partial charge in [0.15, 0.2) is 0 Å². The predicted octanol–water partition coefficient (Wildman–Crippen LogP) is 2.00. The number of rotatable bonds is 9. The highest BCUT2D eigenvalue weighted by atomic mass is 16.5. The second-order valence-corrected chi connectivity index (χ2v) is 5.82. The predicted molar refractivity (Wildman–Crippen MR) is 78.2 cm³/mol. The lowest BCUT2D eigenvalue weighted by Gasteiger charge is -2.21. The van der Waals surface area contributed by atoms with Crippen molar-refractivity contribution < 1.29 is 19.1 Å². The van der Waals surface area contributed by atoms with E-state index in [-0.39, 0.29) is 30.3 Å². The van der Waals surface area contributed by atoms with Gasteiger partial charge in [0.1, 0.15) is 12.7 Å². The molecule has 118 valence electrons. The van der Waals surface area contributed by atoms with Gasteiger partial charge in [0.2, 0.25) is 5.91 Å². The molecule has 0 saturated heterocycles. The third kappa shape index (κ3) is 7.48. The third-order valence-electron chi connectivity index (χ3n) is 3.20. The monoisotopic (exact) mass is 287 g/mol. The first-order chi connectivity index (χ1) is 9.29. The van der Waals surface area contributed by atoms with Crippen molar-refractivity contribution in [1.82, 2.24) is 5.32 Å². The van der Waals surface area contributed by atoms with E-state index >= 15 is 0 Å². The molecule has 2 unspecified atom stereocenters. The Morgan fingerprint density at radius 2 is 1.70 bits per heavy atom. The molecule has 0 aliphatic heterocycles. The molecule has 20 heavy (non-hydrogen) atoms. The van der Waals surface area contributed by atoms with Crippen molar-refractivity contribution in [1.29, 1.82) is 0 Å². The fourth-order valence-electron chi connectivity index (χ4n) is 1.83. The van der Waals surface area contributed by atoms with Crippen LogP contribution >= 0.6 is 0 Å². The lowest BCUT2D eigenvalue weighted by molar-refractivity contribution is -0.151. The van der Waals surface area contributed by atoms with Crippen LogP contribution in [0.25, 0.3) is 0 Å². The fourth-order valence-corrected chi connectivity index (χ4v) is 1.83. The summed E-state index contributed by atoms with van der Waals surface area (Å²) in [6, 6.07) is 0. The van der Waals surface area contributed by atoms with E-state index in [1.54, 1.807) is 6.92 Å². The van der Waals surface area contributed by atoms with Crippen LogP contribution in [-0.2, 0) is 19.1 Å². The standard InChI is InChI=1S/C15H29NO4/c1-10(2)9-13(11(3)4)15(18)20-8-7-16-14(17)12(5)19-6/h10-13H,7-9H2,1-6H3,(H,16,17). The highest BCUT2D eigenvalue weighted by molar-refractivity contribution is 5.80. The van der Waals surface area contributed by atoms with E-state index in [1.165, 1.54) is 7.11 Å². The van der Waals surface area contributed by atoms with E-state index < -0.39 is 6.10 Å². The van der Waals surface area contributed by atoms with Crippen LogP contribution in [0.5, 0.6) is 0 Å². The molecule has 0 bridgehead atoms. The molecule has 0 aromatic rings. The van der Waals surface area contributed by atoms with Crippen molar-refractivity contribution >= 4 is 11.9 Å². The molecule has 5 nitrogen and oxygen atoms in total. The summed E-state index contributed by atoms with van der Waals surface area (Å²) < 4.78 is 10.1. The van der Waals surface area contributed by atoms with Gasteiger partial charge >= 0.3 is 5.97 Å². The van der Waals surface area contributed by atoms with Crippen molar-refractivity contribution in [2.75, 3.05) is 20.3 Å². The zero-order valence-corrected chi connectivity index (χ0v) is 13.6. The summed E-state index contributed by atoms with van der Waals surface area (Å²) in [7, 11) is 1.48. The van der Waals surface area contributed by atoms with Crippen LogP contribution in [0.1, 0.15) is 41.0 Å². The van der Waals surface area contributed by atoms with Crippen LogP contribution in [0.3, 0.4) is 0 Å². The summed E-state index contributed by atoms with van der Waals surface area (Å²) >= 11 is 0. The van der Waals surface area contributed by atoms with Crippen LogP contribution in [-0.4, -0.2) is 38.2 Å². The summed E-state index contributed by atoms with van der Waals surface area (Å²) in [6.45, 7) is 10.4. The maximum Gasteiger partial charge on any atom is 0.309 e. The summed E-state index contributed by atoms with van der Waals surface area (Å²) in [6.07, 6.45) is 0.332. The Labute approximate surface area is 122 Å². The van der Waals surface area contributed by atoms with Crippen molar-refractivity contribution in [3.63, 3.8) is 0 Å². The molecule has 1 amide bonds. The van der Waals surface area contributed by atoms with Gasteiger partial charge in [0.05, 0.1) is 12.5 Å². The van der Waals surface area contributed by atoms with E-state index in [4.69, 9.17) is 9.47 Å². The number of carbonyl (C=O) groups is 2. The molecule has 0 spiro atoms. The van der Waals surface area contributed by atoms with Crippen molar-refractivity contribution in [2.24, 2.45) is 17.8 Å². The lowest BCUT2D eigenvalue weighted by Crippen LogP contribution is -2.36. The Kier molecular flexibility index (Phi) is 9.21. The van der Waals surface area contributed by atoms with Crippen LogP contribution in [0.4, 0.5) is 0 Å². The zero-order valence-electron chi connectivity index (χ0n) is 13.6. The van der Waals surface area contributed by atoms with E-state index in [2.05, 4.69) is 19.2 Å². The number of methoxy groups -OCH3 is 1. The Balaban J connectivity index is 4.05. The highest BCUT2D eigenvalue weighted by Crippen LogP contribution is 2.21. The topological polar surface area (TPSA) is 64.6 Å². The molecule has 0 aliphatic carbocycles. The summed E-state index contributed by atoms with van der Waals surface area (Å²) in [4.78, 5) is 23.4. The number of hydrogen-bond donors (Lipinski definition) is 1. The van der Waals surface area contributed by atoms with E-state index in [0.717, 1.165) is 6.42 Å². The molecule has 0 aromatic carbocycles. The molecular weight excluding hydrogens is 258 g/mol. The van der Waals surface area contributed by atoms with Crippen LogP contribution < -0.4 is 5.32 Å². The summed E-state index contributed by atoms with van der Waals surface area (Å²) in [5, 5.41) is 2.66. The minimum Gasteiger partial charge on any atom is -0.464 e. The van der Waals surface area contributed by atoms with Gasteiger partial charge in [-0.25, -0.2) is 0 Å². The van der Waals surface area contributed by atoms with Crippen LogP contribution in [0.2, 0.25) is 0 Å². The average molecular weight is 287 g/mol. The molecule has 0 heterocycles. The molecule has 0 aliphatic rings. The Bertz CT molecular complexity index is 302. The smallest absolute Gasteiger partial charge is 0.309 e. The number of hydrogen-bond acceptors (Lipinski definition) is 4. The number of esters is 1. The second-order valence-electron chi connectivity index (χ2n) is 5.82. The molecule has 5 heteroatoms. The number of nitrogens with one attached hydrogen (secondary N) is 1. The van der Waals surface area contributed by atoms with Gasteiger partial charge in [-0.2, -0.15) is 0 Å². The number of carbonyl (C=O) groups excluding carboxylic acids is 2. The normalized spacial score (nSPS) is 14.2. The minimum atomic E-state index is -0.491. The second kappa shape index (κ2) is 9.75. The molecular formula is C15H29NO4. The molecule has 0 radical (unpaired) electrons. The molecule has 0 saturated carbocycles. The largest absolute Gasteiger partial charge is 0.464 e. The van der Waals surface area contributed by atoms with Gasteiger partial charge in [-0.1, -0.05) is 27.7 Å². The van der Waals surface area contributed by atoms with E-state index in [9.17, 15) is 9.59 Å². The van der Waals surface area contributed by atoms with Gasteiger partial charge < -0.3 is 14.8 Å². The summed E-state index contributed by atoms with van der Waals surface area (Å²) in [5.41, 5.74) is 0. The molecule has 0 aromatic heterocycles. The van der Waals surface area contributed by atoms with Gasteiger partial charge in [-0.3, -0.25) is 9.59 Å². The lowest BCUT2D eigenvalue weighted by atomic mass is 9.88. The first kappa shape index (κ1) is 18.9. The van der Waals surface area contributed by atoms with Crippen molar-refractivity contribution in [3.05, 3.63) is 0 Å². The maximum absolute atomic E-state index is 12.0. The van der Waals surface area contributed by atoms with Gasteiger partial charge in [-0.05, 0) is 25.2 Å². The summed E-state index contributed by atoms with van der Waals surface area (Å²) in [5.74, 6) is 0.252. The number of amides is 1. The SMILES string of the molecule is COC(C)C(=O)NCCOC(=O)C(CC(C)C)C(C)C. The van der Waals surface area contributed by atoms with Gasteiger partial charge in [0, 0.05) is 7.11 Å². The highest BCUT2D eigenvalue weighted by Gasteiger charge is 2.24. The first-order valence-corrected chi connectivity index (χ1v) is 7.26. The Morgan fingerprint density at radius 3 is 2.15 bits per heavy atom.